The molecular formula is C26H27N3O3. The van der Waals surface area contributed by atoms with Gasteiger partial charge in [0.05, 0.1) is 11.8 Å². The molecule has 0 aliphatic carbocycles. The van der Waals surface area contributed by atoms with Gasteiger partial charge < -0.3 is 9.30 Å². The highest BCUT2D eigenvalue weighted by Gasteiger charge is 2.34. The molecule has 1 atom stereocenters. The summed E-state index contributed by atoms with van der Waals surface area (Å²) in [5.41, 5.74) is 7.17. The van der Waals surface area contributed by atoms with Crippen molar-refractivity contribution in [3.63, 3.8) is 0 Å². The Labute approximate surface area is 188 Å². The first kappa shape index (κ1) is 21.4. The second kappa shape index (κ2) is 8.75. The molecule has 6 heteroatoms. The molecule has 1 aromatic heterocycles. The molecular weight excluding hydrogens is 402 g/mol. The number of para-hydroxylation sites is 1. The molecule has 2 amide bonds. The Hall–Kier alpha value is -3.80. The molecule has 1 aliphatic rings. The van der Waals surface area contributed by atoms with Crippen LogP contribution in [0.5, 0.6) is 5.75 Å². The van der Waals surface area contributed by atoms with Crippen LogP contribution in [0.4, 0.5) is 5.69 Å². The van der Waals surface area contributed by atoms with E-state index in [1.165, 1.54) is 5.01 Å². The minimum Gasteiger partial charge on any atom is -0.491 e. The zero-order chi connectivity index (χ0) is 22.8. The SMILES string of the molecule is CCC(C)Oc1ccc(-n2c(C)cc(C=C3C(=O)NN(c4ccccc4)C3=O)c2C)cc1. The Morgan fingerprint density at radius 3 is 2.34 bits per heavy atom. The van der Waals surface area contributed by atoms with Gasteiger partial charge in [-0.25, -0.2) is 5.01 Å². The van der Waals surface area contributed by atoms with Gasteiger partial charge in [0.25, 0.3) is 11.8 Å². The van der Waals surface area contributed by atoms with Crippen molar-refractivity contribution < 1.29 is 14.3 Å². The van der Waals surface area contributed by atoms with Crippen molar-refractivity contribution in [2.45, 2.75) is 40.2 Å². The number of amides is 2. The third kappa shape index (κ3) is 4.04. The number of anilines is 1. The number of rotatable bonds is 6. The third-order valence-electron chi connectivity index (χ3n) is 5.68. The highest BCUT2D eigenvalue weighted by atomic mass is 16.5. The maximum Gasteiger partial charge on any atom is 0.282 e. The number of nitrogens with one attached hydrogen (secondary N) is 1. The molecule has 2 heterocycles. The molecule has 1 aliphatic heterocycles. The third-order valence-corrected chi connectivity index (χ3v) is 5.68. The molecule has 1 N–H and O–H groups in total. The van der Waals surface area contributed by atoms with Crippen LogP contribution in [0.15, 0.2) is 66.2 Å². The predicted octanol–water partition coefficient (Wildman–Crippen LogP) is 4.73. The maximum absolute atomic E-state index is 12.9. The van der Waals surface area contributed by atoms with E-state index >= 15 is 0 Å². The number of hydrogen-bond acceptors (Lipinski definition) is 3. The van der Waals surface area contributed by atoms with Crippen molar-refractivity contribution in [2.75, 3.05) is 5.01 Å². The van der Waals surface area contributed by atoms with Gasteiger partial charge in [0.2, 0.25) is 0 Å². The molecule has 2 aromatic carbocycles. The first-order chi connectivity index (χ1) is 15.4. The lowest BCUT2D eigenvalue weighted by Crippen LogP contribution is -2.35. The summed E-state index contributed by atoms with van der Waals surface area (Å²) in [6, 6.07) is 19.0. The zero-order valence-electron chi connectivity index (χ0n) is 18.8. The first-order valence-electron chi connectivity index (χ1n) is 10.8. The summed E-state index contributed by atoms with van der Waals surface area (Å²) in [4.78, 5) is 25.4. The number of carbonyl (C=O) groups excluding carboxylic acids is 2. The predicted molar refractivity (Wildman–Crippen MR) is 126 cm³/mol. The fourth-order valence-corrected chi connectivity index (χ4v) is 3.79. The quantitative estimate of drug-likeness (QED) is 0.455. The second-order valence-corrected chi connectivity index (χ2v) is 7.97. The van der Waals surface area contributed by atoms with E-state index in [-0.39, 0.29) is 17.6 Å². The van der Waals surface area contributed by atoms with Crippen LogP contribution in [-0.4, -0.2) is 22.5 Å². The zero-order valence-corrected chi connectivity index (χ0v) is 18.8. The van der Waals surface area contributed by atoms with E-state index in [1.807, 2.05) is 69.3 Å². The van der Waals surface area contributed by atoms with E-state index in [0.717, 1.165) is 34.8 Å². The fourth-order valence-electron chi connectivity index (χ4n) is 3.79. The van der Waals surface area contributed by atoms with Crippen molar-refractivity contribution in [2.24, 2.45) is 0 Å². The highest BCUT2D eigenvalue weighted by molar-refractivity contribution is 6.31. The summed E-state index contributed by atoms with van der Waals surface area (Å²) < 4.78 is 7.98. The van der Waals surface area contributed by atoms with Gasteiger partial charge in [-0.1, -0.05) is 25.1 Å². The summed E-state index contributed by atoms with van der Waals surface area (Å²) in [5, 5.41) is 1.28. The van der Waals surface area contributed by atoms with E-state index in [1.54, 1.807) is 18.2 Å². The van der Waals surface area contributed by atoms with Gasteiger partial charge in [0, 0.05) is 17.1 Å². The van der Waals surface area contributed by atoms with Gasteiger partial charge in [-0.2, -0.15) is 0 Å². The van der Waals surface area contributed by atoms with Gasteiger partial charge in [-0.15, -0.1) is 0 Å². The summed E-state index contributed by atoms with van der Waals surface area (Å²) in [7, 11) is 0. The molecule has 1 fully saturated rings. The van der Waals surface area contributed by atoms with E-state index in [9.17, 15) is 9.59 Å². The van der Waals surface area contributed by atoms with Gasteiger partial charge in [0.15, 0.2) is 0 Å². The van der Waals surface area contributed by atoms with Crippen LogP contribution < -0.4 is 15.2 Å². The lowest BCUT2D eigenvalue weighted by molar-refractivity contribution is -0.117. The lowest BCUT2D eigenvalue weighted by Gasteiger charge is -2.14. The van der Waals surface area contributed by atoms with E-state index in [4.69, 9.17) is 4.74 Å². The number of aryl methyl sites for hydroxylation is 1. The van der Waals surface area contributed by atoms with Gasteiger partial charge in [-0.3, -0.25) is 15.0 Å². The van der Waals surface area contributed by atoms with Crippen molar-refractivity contribution in [3.8, 4) is 11.4 Å². The molecule has 0 saturated carbocycles. The lowest BCUT2D eigenvalue weighted by atomic mass is 10.1. The Bertz CT molecular complexity index is 1180. The summed E-state index contributed by atoms with van der Waals surface area (Å²) in [6.45, 7) is 8.13. The maximum atomic E-state index is 12.9. The molecule has 1 unspecified atom stereocenters. The standard InChI is InChI=1S/C26H27N3O3/c1-5-18(3)32-23-13-11-21(12-14-23)28-17(2)15-20(19(28)4)16-24-25(30)27-29(26(24)31)22-9-7-6-8-10-22/h6-16,18H,5H2,1-4H3,(H,27,30). The molecule has 0 radical (unpaired) electrons. The number of nitrogens with zero attached hydrogens (tertiary/aromatic N) is 2. The smallest absolute Gasteiger partial charge is 0.282 e. The average Bonchev–Trinajstić information content (AvgIpc) is 3.24. The van der Waals surface area contributed by atoms with Gasteiger partial charge in [-0.05, 0) is 81.3 Å². The topological polar surface area (TPSA) is 63.6 Å². The van der Waals surface area contributed by atoms with Crippen LogP contribution in [-0.2, 0) is 9.59 Å². The minimum atomic E-state index is -0.407. The number of hydrogen-bond donors (Lipinski definition) is 1. The first-order valence-corrected chi connectivity index (χ1v) is 10.8. The Morgan fingerprint density at radius 2 is 1.69 bits per heavy atom. The normalized spacial score (nSPS) is 15.9. The molecule has 6 nitrogen and oxygen atoms in total. The fraction of sp³-hybridized carbons (Fsp3) is 0.231. The van der Waals surface area contributed by atoms with E-state index in [0.29, 0.717) is 5.69 Å². The van der Waals surface area contributed by atoms with Crippen LogP contribution in [0, 0.1) is 13.8 Å². The van der Waals surface area contributed by atoms with Crippen LogP contribution >= 0.6 is 0 Å². The second-order valence-electron chi connectivity index (χ2n) is 7.97. The molecule has 1 saturated heterocycles. The van der Waals surface area contributed by atoms with Crippen LogP contribution in [0.1, 0.15) is 37.2 Å². The Morgan fingerprint density at radius 1 is 1.00 bits per heavy atom. The minimum absolute atomic E-state index is 0.117. The molecule has 4 rings (SSSR count). The Balaban J connectivity index is 1.63. The van der Waals surface area contributed by atoms with Crippen LogP contribution in [0.25, 0.3) is 11.8 Å². The molecule has 0 bridgehead atoms. The van der Waals surface area contributed by atoms with Crippen molar-refractivity contribution in [1.29, 1.82) is 0 Å². The largest absolute Gasteiger partial charge is 0.491 e. The molecule has 0 spiro atoms. The summed E-state index contributed by atoms with van der Waals surface area (Å²) in [6.07, 6.45) is 2.78. The van der Waals surface area contributed by atoms with Gasteiger partial charge >= 0.3 is 0 Å². The summed E-state index contributed by atoms with van der Waals surface area (Å²) in [5.74, 6) is 0.0647. The van der Waals surface area contributed by atoms with E-state index < -0.39 is 5.91 Å². The average molecular weight is 430 g/mol. The molecule has 32 heavy (non-hydrogen) atoms. The summed E-state index contributed by atoms with van der Waals surface area (Å²) >= 11 is 0. The van der Waals surface area contributed by atoms with Crippen LogP contribution in [0.2, 0.25) is 0 Å². The Kier molecular flexibility index (Phi) is 5.86. The monoisotopic (exact) mass is 429 g/mol. The number of hydrazine groups is 1. The number of ether oxygens (including phenoxy) is 1. The van der Waals surface area contributed by atoms with Gasteiger partial charge in [0.1, 0.15) is 11.3 Å². The van der Waals surface area contributed by atoms with Crippen molar-refractivity contribution in [1.82, 2.24) is 9.99 Å². The number of benzene rings is 2. The van der Waals surface area contributed by atoms with E-state index in [2.05, 4.69) is 16.9 Å². The highest BCUT2D eigenvalue weighted by Crippen LogP contribution is 2.27. The number of carbonyl (C=O) groups is 2. The van der Waals surface area contributed by atoms with Crippen LogP contribution in [0.3, 0.4) is 0 Å². The molecule has 164 valence electrons. The number of aromatic nitrogens is 1. The van der Waals surface area contributed by atoms with Crippen molar-refractivity contribution in [3.05, 3.63) is 83.2 Å². The molecule has 3 aromatic rings. The van der Waals surface area contributed by atoms with Crippen molar-refractivity contribution >= 4 is 23.6 Å².